The molecule has 0 saturated carbocycles. The fourth-order valence-corrected chi connectivity index (χ4v) is 3.00. The van der Waals surface area contributed by atoms with Gasteiger partial charge in [-0.1, -0.05) is 6.07 Å². The van der Waals surface area contributed by atoms with Gasteiger partial charge in [-0.15, -0.1) is 0 Å². The molecule has 10 heteroatoms. The Hall–Kier alpha value is -4.34. The lowest BCUT2D eigenvalue weighted by atomic mass is 10.1. The Morgan fingerprint density at radius 2 is 1.76 bits per heavy atom. The fourth-order valence-electron chi connectivity index (χ4n) is 3.00. The molecule has 2 aromatic carbocycles. The Labute approximate surface area is 189 Å². The molecule has 10 nitrogen and oxygen atoms in total. The van der Waals surface area contributed by atoms with E-state index in [2.05, 4.69) is 10.2 Å². The van der Waals surface area contributed by atoms with E-state index in [1.54, 1.807) is 25.1 Å². The summed E-state index contributed by atoms with van der Waals surface area (Å²) in [6.45, 7) is 1.66. The smallest absolute Gasteiger partial charge is 0.344 e. The van der Waals surface area contributed by atoms with Gasteiger partial charge in [0, 0.05) is 0 Å². The summed E-state index contributed by atoms with van der Waals surface area (Å²) in [5, 5.41) is 1.09. The molecule has 0 unspecified atom stereocenters. The van der Waals surface area contributed by atoms with E-state index in [0.717, 1.165) is 5.01 Å². The second kappa shape index (κ2) is 10.3. The second-order valence-corrected chi connectivity index (χ2v) is 6.68. The molecule has 1 aliphatic rings. The van der Waals surface area contributed by atoms with Crippen molar-refractivity contribution in [2.75, 3.05) is 32.4 Å². The number of ether oxygens (including phenoxy) is 4. The van der Waals surface area contributed by atoms with Gasteiger partial charge in [-0.2, -0.15) is 0 Å². The SMILES string of the molecule is CCOC(=O)COc1ccc(C=C2C(=O)NN(c3ccc(C(=O)OC)cc3)C2=O)cc1OC. The van der Waals surface area contributed by atoms with Crippen molar-refractivity contribution in [3.63, 3.8) is 0 Å². The molecule has 1 heterocycles. The van der Waals surface area contributed by atoms with Crippen LogP contribution in [0.5, 0.6) is 11.5 Å². The maximum atomic E-state index is 12.8. The van der Waals surface area contributed by atoms with Gasteiger partial charge in [-0.3, -0.25) is 15.0 Å². The first-order valence-corrected chi connectivity index (χ1v) is 9.90. The minimum Gasteiger partial charge on any atom is -0.493 e. The van der Waals surface area contributed by atoms with E-state index in [1.807, 2.05) is 0 Å². The highest BCUT2D eigenvalue weighted by Crippen LogP contribution is 2.30. The maximum Gasteiger partial charge on any atom is 0.344 e. The number of methoxy groups -OCH3 is 2. The van der Waals surface area contributed by atoms with Crippen molar-refractivity contribution in [1.82, 2.24) is 5.43 Å². The first kappa shape index (κ1) is 23.3. The van der Waals surface area contributed by atoms with Gasteiger partial charge in [0.05, 0.1) is 32.1 Å². The zero-order valence-corrected chi connectivity index (χ0v) is 18.2. The quantitative estimate of drug-likeness (QED) is 0.365. The Kier molecular flexibility index (Phi) is 7.29. The van der Waals surface area contributed by atoms with Crippen LogP contribution in [0.2, 0.25) is 0 Å². The third-order valence-electron chi connectivity index (χ3n) is 4.59. The Morgan fingerprint density at radius 3 is 2.39 bits per heavy atom. The van der Waals surface area contributed by atoms with Crippen LogP contribution in [0.4, 0.5) is 5.69 Å². The first-order valence-electron chi connectivity index (χ1n) is 9.90. The summed E-state index contributed by atoms with van der Waals surface area (Å²) >= 11 is 0. The monoisotopic (exact) mass is 454 g/mol. The molecule has 1 saturated heterocycles. The number of hydrazine groups is 1. The molecule has 1 N–H and O–H groups in total. The molecular formula is C23H22N2O8. The lowest BCUT2D eigenvalue weighted by Gasteiger charge is -2.14. The van der Waals surface area contributed by atoms with Crippen molar-refractivity contribution in [2.45, 2.75) is 6.92 Å². The van der Waals surface area contributed by atoms with Crippen molar-refractivity contribution >= 4 is 35.5 Å². The van der Waals surface area contributed by atoms with Crippen LogP contribution in [-0.4, -0.2) is 51.2 Å². The van der Waals surface area contributed by atoms with Crippen molar-refractivity contribution in [2.24, 2.45) is 0 Å². The van der Waals surface area contributed by atoms with Crippen molar-refractivity contribution in [3.8, 4) is 11.5 Å². The summed E-state index contributed by atoms with van der Waals surface area (Å²) < 4.78 is 20.2. The average Bonchev–Trinajstić information content (AvgIpc) is 3.11. The molecule has 0 radical (unpaired) electrons. The van der Waals surface area contributed by atoms with E-state index in [9.17, 15) is 19.2 Å². The van der Waals surface area contributed by atoms with Crippen LogP contribution in [0.3, 0.4) is 0 Å². The highest BCUT2D eigenvalue weighted by molar-refractivity contribution is 6.31. The largest absolute Gasteiger partial charge is 0.493 e. The van der Waals surface area contributed by atoms with E-state index < -0.39 is 23.8 Å². The lowest BCUT2D eigenvalue weighted by Crippen LogP contribution is -2.35. The van der Waals surface area contributed by atoms with Crippen LogP contribution in [0.15, 0.2) is 48.0 Å². The van der Waals surface area contributed by atoms with Crippen LogP contribution in [0, 0.1) is 0 Å². The lowest BCUT2D eigenvalue weighted by molar-refractivity contribution is -0.145. The highest BCUT2D eigenvalue weighted by atomic mass is 16.6. The van der Waals surface area contributed by atoms with Crippen LogP contribution in [-0.2, 0) is 23.9 Å². The Balaban J connectivity index is 1.78. The summed E-state index contributed by atoms with van der Waals surface area (Å²) in [5.74, 6) is -1.55. The van der Waals surface area contributed by atoms with Crippen LogP contribution >= 0.6 is 0 Å². The van der Waals surface area contributed by atoms with Crippen molar-refractivity contribution in [3.05, 3.63) is 59.2 Å². The molecule has 1 aliphatic heterocycles. The van der Waals surface area contributed by atoms with Gasteiger partial charge in [-0.25, -0.2) is 14.6 Å². The fraction of sp³-hybridized carbons (Fsp3) is 0.217. The van der Waals surface area contributed by atoms with Gasteiger partial charge in [0.1, 0.15) is 5.57 Å². The molecule has 0 aromatic heterocycles. The Bertz CT molecular complexity index is 1110. The predicted octanol–water partition coefficient (Wildman–Crippen LogP) is 1.89. The molecule has 1 fully saturated rings. The van der Waals surface area contributed by atoms with Gasteiger partial charge in [-0.05, 0) is 55.0 Å². The predicted molar refractivity (Wildman–Crippen MR) is 117 cm³/mol. The Morgan fingerprint density at radius 1 is 1.03 bits per heavy atom. The van der Waals surface area contributed by atoms with E-state index in [0.29, 0.717) is 28.3 Å². The molecule has 0 aliphatic carbocycles. The number of esters is 2. The summed E-state index contributed by atoms with van der Waals surface area (Å²) in [6.07, 6.45) is 1.41. The number of carbonyl (C=O) groups excluding carboxylic acids is 4. The van der Waals surface area contributed by atoms with Gasteiger partial charge in [0.2, 0.25) is 0 Å². The third-order valence-corrected chi connectivity index (χ3v) is 4.59. The summed E-state index contributed by atoms with van der Waals surface area (Å²) in [6, 6.07) is 10.8. The normalized spacial score (nSPS) is 14.2. The average molecular weight is 454 g/mol. The number of carbonyl (C=O) groups is 4. The number of amides is 2. The number of anilines is 1. The number of benzene rings is 2. The summed E-state index contributed by atoms with van der Waals surface area (Å²) in [5.41, 5.74) is 3.60. The molecule has 33 heavy (non-hydrogen) atoms. The number of nitrogens with one attached hydrogen (secondary N) is 1. The van der Waals surface area contributed by atoms with Gasteiger partial charge >= 0.3 is 11.9 Å². The molecule has 172 valence electrons. The molecule has 2 amide bonds. The summed E-state index contributed by atoms with van der Waals surface area (Å²) in [4.78, 5) is 48.3. The number of nitrogens with zero attached hydrogens (tertiary/aromatic N) is 1. The van der Waals surface area contributed by atoms with Crippen LogP contribution < -0.4 is 19.9 Å². The summed E-state index contributed by atoms with van der Waals surface area (Å²) in [7, 11) is 2.70. The number of hydrogen-bond donors (Lipinski definition) is 1. The minimum absolute atomic E-state index is 0.0886. The van der Waals surface area contributed by atoms with Crippen molar-refractivity contribution in [1.29, 1.82) is 0 Å². The van der Waals surface area contributed by atoms with E-state index in [4.69, 9.17) is 14.2 Å². The van der Waals surface area contributed by atoms with Crippen LogP contribution in [0.25, 0.3) is 6.08 Å². The zero-order chi connectivity index (χ0) is 24.0. The highest BCUT2D eigenvalue weighted by Gasteiger charge is 2.34. The van der Waals surface area contributed by atoms with Gasteiger partial charge in [0.25, 0.3) is 11.8 Å². The van der Waals surface area contributed by atoms with E-state index in [1.165, 1.54) is 44.6 Å². The van der Waals surface area contributed by atoms with Gasteiger partial charge < -0.3 is 18.9 Å². The molecule has 2 aromatic rings. The number of rotatable bonds is 8. The zero-order valence-electron chi connectivity index (χ0n) is 18.2. The first-order chi connectivity index (χ1) is 15.9. The van der Waals surface area contributed by atoms with E-state index >= 15 is 0 Å². The van der Waals surface area contributed by atoms with Crippen LogP contribution in [0.1, 0.15) is 22.8 Å². The number of hydrogen-bond acceptors (Lipinski definition) is 8. The van der Waals surface area contributed by atoms with Crippen molar-refractivity contribution < 1.29 is 38.1 Å². The molecule has 0 bridgehead atoms. The molecule has 0 spiro atoms. The standard InChI is InChI=1S/C23H22N2O8/c1-4-32-20(26)13-33-18-10-5-14(12-19(18)30-2)11-17-21(27)24-25(22(17)28)16-8-6-15(7-9-16)23(29)31-3/h5-12H,4,13H2,1-3H3,(H,24,27). The minimum atomic E-state index is -0.585. The van der Waals surface area contributed by atoms with Gasteiger partial charge in [0.15, 0.2) is 18.1 Å². The topological polar surface area (TPSA) is 120 Å². The van der Waals surface area contributed by atoms with E-state index in [-0.39, 0.29) is 18.8 Å². The third kappa shape index (κ3) is 5.29. The molecule has 0 atom stereocenters. The molecule has 3 rings (SSSR count). The molecular weight excluding hydrogens is 432 g/mol. The second-order valence-electron chi connectivity index (χ2n) is 6.68. The maximum absolute atomic E-state index is 12.8.